The third-order valence-electron chi connectivity index (χ3n) is 5.18. The van der Waals surface area contributed by atoms with Gasteiger partial charge in [0.2, 0.25) is 0 Å². The standard InChI is InChI=1S/C19H22FN3O3/c1-13-15(12-21-23(13)17-5-3-2-4-16(17)20)18(24)22-8-6-14(7-9-22)19-25-10-11-26-19/h2-5,12,14,19H,6-11H2,1H3. The summed E-state index contributed by atoms with van der Waals surface area (Å²) in [4.78, 5) is 14.7. The van der Waals surface area contributed by atoms with Crippen LogP contribution in [0.15, 0.2) is 30.5 Å². The van der Waals surface area contributed by atoms with Gasteiger partial charge in [0.1, 0.15) is 11.5 Å². The Balaban J connectivity index is 1.47. The number of ether oxygens (including phenoxy) is 2. The van der Waals surface area contributed by atoms with E-state index in [1.807, 2.05) is 4.90 Å². The fourth-order valence-corrected chi connectivity index (χ4v) is 3.68. The molecular weight excluding hydrogens is 337 g/mol. The lowest BCUT2D eigenvalue weighted by atomic mass is 9.95. The van der Waals surface area contributed by atoms with E-state index in [1.165, 1.54) is 16.9 Å². The Bertz CT molecular complexity index is 793. The highest BCUT2D eigenvalue weighted by Gasteiger charge is 2.32. The van der Waals surface area contributed by atoms with Gasteiger partial charge in [-0.2, -0.15) is 5.10 Å². The Labute approximate surface area is 151 Å². The summed E-state index contributed by atoms with van der Waals surface area (Å²) in [5, 5.41) is 4.23. The van der Waals surface area contributed by atoms with Crippen molar-refractivity contribution in [1.29, 1.82) is 0 Å². The zero-order chi connectivity index (χ0) is 18.1. The smallest absolute Gasteiger partial charge is 0.257 e. The number of piperidine rings is 1. The number of halogens is 1. The van der Waals surface area contributed by atoms with E-state index in [0.29, 0.717) is 49.2 Å². The summed E-state index contributed by atoms with van der Waals surface area (Å²) in [6.07, 6.45) is 3.12. The number of amides is 1. The number of likely N-dealkylation sites (tertiary alicyclic amines) is 1. The molecule has 26 heavy (non-hydrogen) atoms. The summed E-state index contributed by atoms with van der Waals surface area (Å²) in [6, 6.07) is 6.41. The molecule has 1 aromatic carbocycles. The minimum Gasteiger partial charge on any atom is -0.350 e. The minimum absolute atomic E-state index is 0.0585. The first kappa shape index (κ1) is 17.2. The van der Waals surface area contributed by atoms with Gasteiger partial charge in [0.25, 0.3) is 5.91 Å². The largest absolute Gasteiger partial charge is 0.350 e. The molecule has 2 saturated heterocycles. The molecule has 138 valence electrons. The Hall–Kier alpha value is -2.25. The van der Waals surface area contributed by atoms with Crippen molar-refractivity contribution < 1.29 is 18.7 Å². The topological polar surface area (TPSA) is 56.6 Å². The molecule has 2 fully saturated rings. The molecule has 0 spiro atoms. The predicted octanol–water partition coefficient (Wildman–Crippen LogP) is 2.54. The summed E-state index contributed by atoms with van der Waals surface area (Å²) in [5.41, 5.74) is 1.50. The van der Waals surface area contributed by atoms with Crippen molar-refractivity contribution in [2.45, 2.75) is 26.1 Å². The molecule has 0 unspecified atom stereocenters. The lowest BCUT2D eigenvalue weighted by Gasteiger charge is -2.33. The van der Waals surface area contributed by atoms with Crippen LogP contribution in [0.2, 0.25) is 0 Å². The maximum absolute atomic E-state index is 14.0. The van der Waals surface area contributed by atoms with Crippen LogP contribution in [0.5, 0.6) is 0 Å². The lowest BCUT2D eigenvalue weighted by molar-refractivity contribution is -0.0956. The van der Waals surface area contributed by atoms with Crippen molar-refractivity contribution in [3.63, 3.8) is 0 Å². The van der Waals surface area contributed by atoms with Crippen molar-refractivity contribution in [3.05, 3.63) is 47.5 Å². The van der Waals surface area contributed by atoms with Crippen LogP contribution < -0.4 is 0 Å². The van der Waals surface area contributed by atoms with Gasteiger partial charge in [-0.3, -0.25) is 4.79 Å². The van der Waals surface area contributed by atoms with Crippen LogP contribution in [-0.2, 0) is 9.47 Å². The van der Waals surface area contributed by atoms with Gasteiger partial charge in [-0.15, -0.1) is 0 Å². The number of nitrogens with zero attached hydrogens (tertiary/aromatic N) is 3. The van der Waals surface area contributed by atoms with Crippen molar-refractivity contribution in [3.8, 4) is 5.69 Å². The third kappa shape index (κ3) is 3.12. The van der Waals surface area contributed by atoms with E-state index in [0.717, 1.165) is 12.8 Å². The normalized spacial score (nSPS) is 19.2. The van der Waals surface area contributed by atoms with Crippen molar-refractivity contribution in [2.24, 2.45) is 5.92 Å². The molecule has 0 saturated carbocycles. The first-order valence-electron chi connectivity index (χ1n) is 8.97. The molecule has 2 aliphatic heterocycles. The highest BCUT2D eigenvalue weighted by atomic mass is 19.1. The summed E-state index contributed by atoms with van der Waals surface area (Å²) in [7, 11) is 0. The highest BCUT2D eigenvalue weighted by molar-refractivity contribution is 5.95. The molecule has 0 radical (unpaired) electrons. The number of benzene rings is 1. The average molecular weight is 359 g/mol. The molecule has 3 heterocycles. The van der Waals surface area contributed by atoms with Gasteiger partial charge in [0.05, 0.1) is 30.7 Å². The number of carbonyl (C=O) groups excluding carboxylic acids is 1. The second-order valence-electron chi connectivity index (χ2n) is 6.75. The Morgan fingerprint density at radius 3 is 2.58 bits per heavy atom. The summed E-state index contributed by atoms with van der Waals surface area (Å²) >= 11 is 0. The lowest BCUT2D eigenvalue weighted by Crippen LogP contribution is -2.41. The van der Waals surface area contributed by atoms with E-state index in [9.17, 15) is 9.18 Å². The van der Waals surface area contributed by atoms with Crippen LogP contribution in [0.3, 0.4) is 0 Å². The van der Waals surface area contributed by atoms with Crippen LogP contribution in [0.25, 0.3) is 5.69 Å². The highest BCUT2D eigenvalue weighted by Crippen LogP contribution is 2.27. The monoisotopic (exact) mass is 359 g/mol. The van der Waals surface area contributed by atoms with Gasteiger partial charge in [0.15, 0.2) is 6.29 Å². The zero-order valence-electron chi connectivity index (χ0n) is 14.7. The van der Waals surface area contributed by atoms with Crippen LogP contribution >= 0.6 is 0 Å². The molecule has 7 heteroatoms. The second kappa shape index (κ2) is 7.17. The number of aromatic nitrogens is 2. The summed E-state index contributed by atoms with van der Waals surface area (Å²) < 4.78 is 26.7. The van der Waals surface area contributed by atoms with E-state index < -0.39 is 0 Å². The van der Waals surface area contributed by atoms with Gasteiger partial charge < -0.3 is 14.4 Å². The van der Waals surface area contributed by atoms with E-state index in [2.05, 4.69) is 5.10 Å². The van der Waals surface area contributed by atoms with Gasteiger partial charge in [-0.1, -0.05) is 12.1 Å². The fourth-order valence-electron chi connectivity index (χ4n) is 3.68. The van der Waals surface area contributed by atoms with Crippen molar-refractivity contribution in [2.75, 3.05) is 26.3 Å². The average Bonchev–Trinajstić information content (AvgIpc) is 3.32. The molecule has 4 rings (SSSR count). The fraction of sp³-hybridized carbons (Fsp3) is 0.474. The number of hydrogen-bond donors (Lipinski definition) is 0. The summed E-state index contributed by atoms with van der Waals surface area (Å²) in [5.74, 6) is -0.0874. The Kier molecular flexibility index (Phi) is 4.74. The molecule has 0 N–H and O–H groups in total. The van der Waals surface area contributed by atoms with E-state index in [4.69, 9.17) is 9.47 Å². The zero-order valence-corrected chi connectivity index (χ0v) is 14.7. The van der Waals surface area contributed by atoms with Crippen LogP contribution in [-0.4, -0.2) is 53.2 Å². The molecule has 2 aromatic rings. The van der Waals surface area contributed by atoms with Crippen LogP contribution in [0.4, 0.5) is 4.39 Å². The first-order chi connectivity index (χ1) is 12.6. The SMILES string of the molecule is Cc1c(C(=O)N2CCC(C3OCCO3)CC2)cnn1-c1ccccc1F. The molecule has 0 atom stereocenters. The van der Waals surface area contributed by atoms with Crippen LogP contribution in [0.1, 0.15) is 28.9 Å². The van der Waals surface area contributed by atoms with Crippen LogP contribution in [0, 0.1) is 18.7 Å². The van der Waals surface area contributed by atoms with Crippen molar-refractivity contribution in [1.82, 2.24) is 14.7 Å². The minimum atomic E-state index is -0.366. The first-order valence-corrected chi connectivity index (χ1v) is 8.97. The Morgan fingerprint density at radius 1 is 1.19 bits per heavy atom. The predicted molar refractivity (Wildman–Crippen MR) is 92.6 cm³/mol. The number of hydrogen-bond acceptors (Lipinski definition) is 4. The second-order valence-corrected chi connectivity index (χ2v) is 6.75. The quantitative estimate of drug-likeness (QED) is 0.845. The van der Waals surface area contributed by atoms with E-state index in [-0.39, 0.29) is 18.0 Å². The maximum Gasteiger partial charge on any atom is 0.257 e. The molecule has 1 amide bonds. The van der Waals surface area contributed by atoms with E-state index in [1.54, 1.807) is 25.1 Å². The molecular formula is C19H22FN3O3. The van der Waals surface area contributed by atoms with Gasteiger partial charge in [-0.25, -0.2) is 9.07 Å². The third-order valence-corrected chi connectivity index (χ3v) is 5.18. The molecule has 1 aromatic heterocycles. The number of carbonyl (C=O) groups is 1. The molecule has 2 aliphatic rings. The van der Waals surface area contributed by atoms with E-state index >= 15 is 0 Å². The van der Waals surface area contributed by atoms with Gasteiger partial charge in [0, 0.05) is 19.0 Å². The van der Waals surface area contributed by atoms with Crippen molar-refractivity contribution >= 4 is 5.91 Å². The van der Waals surface area contributed by atoms with Gasteiger partial charge in [-0.05, 0) is 31.9 Å². The van der Waals surface area contributed by atoms with Gasteiger partial charge >= 0.3 is 0 Å². The summed E-state index contributed by atoms with van der Waals surface area (Å²) in [6.45, 7) is 4.42. The molecule has 0 aliphatic carbocycles. The molecule has 0 bridgehead atoms. The number of para-hydroxylation sites is 1. The maximum atomic E-state index is 14.0. The molecule has 6 nitrogen and oxygen atoms in total. The Morgan fingerprint density at radius 2 is 1.88 bits per heavy atom. The number of rotatable bonds is 3.